The van der Waals surface area contributed by atoms with E-state index in [9.17, 15) is 14.4 Å². The molecule has 2 atom stereocenters. The van der Waals surface area contributed by atoms with Gasteiger partial charge >= 0.3 is 11.9 Å². The lowest BCUT2D eigenvalue weighted by Gasteiger charge is -2.24. The molecule has 2 unspecified atom stereocenters. The van der Waals surface area contributed by atoms with E-state index in [1.165, 1.54) is 0 Å². The second kappa shape index (κ2) is 21.6. The van der Waals surface area contributed by atoms with Gasteiger partial charge in [0.15, 0.2) is 0 Å². The van der Waals surface area contributed by atoms with Gasteiger partial charge in [-0.1, -0.05) is 66.2 Å². The summed E-state index contributed by atoms with van der Waals surface area (Å²) in [5.74, 6) is 0.661. The number of nitrogens with one attached hydrogen (secondary N) is 5. The van der Waals surface area contributed by atoms with Crippen LogP contribution in [0.1, 0.15) is 131 Å². The Morgan fingerprint density at radius 1 is 0.643 bits per heavy atom. The predicted octanol–water partition coefficient (Wildman–Crippen LogP) is 9.20. The summed E-state index contributed by atoms with van der Waals surface area (Å²) in [5.41, 5.74) is 3.22. The highest BCUT2D eigenvalue weighted by molar-refractivity contribution is 6.11. The van der Waals surface area contributed by atoms with Gasteiger partial charge < -0.3 is 30.7 Å². The van der Waals surface area contributed by atoms with Crippen LogP contribution in [-0.4, -0.2) is 54.8 Å². The molecule has 1 heterocycles. The third-order valence-electron chi connectivity index (χ3n) is 9.42. The predicted molar refractivity (Wildman–Crippen MR) is 226 cm³/mol. The Balaban J connectivity index is 1.46. The minimum Gasteiger partial charge on any atom is -0.462 e. The van der Waals surface area contributed by atoms with Crippen LogP contribution < -0.4 is 26.6 Å². The van der Waals surface area contributed by atoms with Crippen molar-refractivity contribution in [1.29, 1.82) is 0 Å². The normalized spacial score (nSPS) is 14.9. The second-order valence-corrected chi connectivity index (χ2v) is 15.3. The zero-order chi connectivity index (χ0) is 40.5. The van der Waals surface area contributed by atoms with Crippen LogP contribution in [0.2, 0.25) is 0 Å². The number of esters is 2. The number of carbonyl (C=O) groups excluding carboxylic acids is 3. The maximum atomic E-state index is 12.8. The lowest BCUT2D eigenvalue weighted by molar-refractivity contribution is 0.0419. The standard InChI is InChI=1S/C44H61N7O5/c1-8-12-14-30(10-3)28-55-39(53)33-18-24-36(25-19-33)46-42-48-41(45-35-22-16-32(17-23-35)38(52)51-44(5,6)7)49-43(50-42)47-37-26-20-34(21-27-37)40(54)56-29-31(11-4)15-13-9-2/h16-27,30-31,41,45H,8-15,28-29H2,1-7H3,(H,51,52)(H3,46,47,48,49,50). The first-order chi connectivity index (χ1) is 26.9. The largest absolute Gasteiger partial charge is 0.462 e. The van der Waals surface area contributed by atoms with Gasteiger partial charge in [-0.2, -0.15) is 0 Å². The average Bonchev–Trinajstić information content (AvgIpc) is 3.18. The highest BCUT2D eigenvalue weighted by Gasteiger charge is 2.20. The topological polar surface area (TPSA) is 155 Å². The zero-order valence-electron chi connectivity index (χ0n) is 34.2. The Bertz CT molecular complexity index is 1670. The summed E-state index contributed by atoms with van der Waals surface area (Å²) in [5, 5.41) is 16.0. The fourth-order valence-electron chi connectivity index (χ4n) is 5.92. The third-order valence-corrected chi connectivity index (χ3v) is 9.42. The van der Waals surface area contributed by atoms with Crippen LogP contribution in [0.3, 0.4) is 0 Å². The van der Waals surface area contributed by atoms with Crippen molar-refractivity contribution in [3.63, 3.8) is 0 Å². The number of rotatable bonds is 19. The van der Waals surface area contributed by atoms with E-state index in [-0.39, 0.29) is 23.4 Å². The Morgan fingerprint density at radius 3 is 1.45 bits per heavy atom. The molecule has 0 fully saturated rings. The Kier molecular flexibility index (Phi) is 16.7. The molecule has 56 heavy (non-hydrogen) atoms. The van der Waals surface area contributed by atoms with Gasteiger partial charge in [0.1, 0.15) is 0 Å². The second-order valence-electron chi connectivity index (χ2n) is 15.3. The SMILES string of the molecule is CCCCC(CC)COC(=O)c1ccc(NC2=NC(Nc3ccc(C(=O)NC(C)(C)C)cc3)N=C(Nc3ccc(C(=O)OCC(CC)CCCC)cc3)N2)cc1. The van der Waals surface area contributed by atoms with E-state index in [2.05, 4.69) is 54.3 Å². The first-order valence-electron chi connectivity index (χ1n) is 20.1. The molecular formula is C44H61N7O5. The summed E-state index contributed by atoms with van der Waals surface area (Å²) in [6.07, 6.45) is 7.77. The number of hydrogen-bond acceptors (Lipinski definition) is 11. The molecule has 12 heteroatoms. The number of amides is 1. The van der Waals surface area contributed by atoms with E-state index >= 15 is 0 Å². The number of aliphatic imine (C=N–C) groups is 2. The Morgan fingerprint density at radius 2 is 1.05 bits per heavy atom. The zero-order valence-corrected chi connectivity index (χ0v) is 34.2. The number of nitrogens with zero attached hydrogens (tertiary/aromatic N) is 2. The molecule has 3 aromatic rings. The van der Waals surface area contributed by atoms with Crippen LogP contribution in [0.15, 0.2) is 82.8 Å². The monoisotopic (exact) mass is 767 g/mol. The first kappa shape index (κ1) is 43.3. The molecule has 0 spiro atoms. The van der Waals surface area contributed by atoms with Crippen molar-refractivity contribution in [2.75, 3.05) is 29.2 Å². The minimum atomic E-state index is -0.752. The number of unbranched alkanes of at least 4 members (excludes halogenated alkanes) is 2. The highest BCUT2D eigenvalue weighted by Crippen LogP contribution is 2.19. The lowest BCUT2D eigenvalue weighted by Crippen LogP contribution is -2.45. The van der Waals surface area contributed by atoms with Crippen molar-refractivity contribution in [2.45, 2.75) is 112 Å². The van der Waals surface area contributed by atoms with Gasteiger partial charge in [-0.3, -0.25) is 10.1 Å². The van der Waals surface area contributed by atoms with E-state index in [0.717, 1.165) is 51.4 Å². The van der Waals surface area contributed by atoms with Crippen molar-refractivity contribution >= 4 is 46.8 Å². The molecule has 0 aromatic heterocycles. The summed E-state index contributed by atoms with van der Waals surface area (Å²) in [6.45, 7) is 15.2. The number of guanidine groups is 2. The average molecular weight is 768 g/mol. The molecule has 0 bridgehead atoms. The molecule has 0 aliphatic carbocycles. The molecule has 1 aliphatic rings. The van der Waals surface area contributed by atoms with Crippen LogP contribution in [-0.2, 0) is 9.47 Å². The van der Waals surface area contributed by atoms with Crippen molar-refractivity contribution in [1.82, 2.24) is 10.6 Å². The summed E-state index contributed by atoms with van der Waals surface area (Å²) >= 11 is 0. The number of ether oxygens (including phenoxy) is 2. The molecule has 4 rings (SSSR count). The summed E-state index contributed by atoms with van der Waals surface area (Å²) in [4.78, 5) is 47.7. The summed E-state index contributed by atoms with van der Waals surface area (Å²) < 4.78 is 11.3. The van der Waals surface area contributed by atoms with Gasteiger partial charge in [-0.25, -0.2) is 19.6 Å². The van der Waals surface area contributed by atoms with E-state index in [1.807, 2.05) is 20.8 Å². The van der Waals surface area contributed by atoms with Crippen LogP contribution in [0.4, 0.5) is 17.1 Å². The highest BCUT2D eigenvalue weighted by atomic mass is 16.5. The van der Waals surface area contributed by atoms with Crippen molar-refractivity contribution in [3.05, 3.63) is 89.5 Å². The molecule has 1 amide bonds. The molecule has 1 aliphatic heterocycles. The number of carbonyl (C=O) groups is 3. The smallest absolute Gasteiger partial charge is 0.338 e. The van der Waals surface area contributed by atoms with Crippen LogP contribution in [0.25, 0.3) is 0 Å². The van der Waals surface area contributed by atoms with E-state index in [4.69, 9.17) is 19.5 Å². The number of anilines is 3. The lowest BCUT2D eigenvalue weighted by atomic mass is 10.0. The van der Waals surface area contributed by atoms with E-state index in [1.54, 1.807) is 72.8 Å². The fourth-order valence-corrected chi connectivity index (χ4v) is 5.92. The summed E-state index contributed by atoms with van der Waals surface area (Å²) in [7, 11) is 0. The molecule has 302 valence electrons. The van der Waals surface area contributed by atoms with Gasteiger partial charge in [0.05, 0.1) is 24.3 Å². The van der Waals surface area contributed by atoms with Gasteiger partial charge in [0.25, 0.3) is 5.91 Å². The van der Waals surface area contributed by atoms with Crippen molar-refractivity contribution in [2.24, 2.45) is 21.8 Å². The van der Waals surface area contributed by atoms with Crippen LogP contribution in [0.5, 0.6) is 0 Å². The minimum absolute atomic E-state index is 0.159. The van der Waals surface area contributed by atoms with Gasteiger partial charge in [0.2, 0.25) is 18.2 Å². The fraction of sp³-hybridized carbons (Fsp3) is 0.477. The molecule has 0 saturated heterocycles. The Hall–Kier alpha value is -5.39. The Labute approximate surface area is 332 Å². The van der Waals surface area contributed by atoms with E-state index in [0.29, 0.717) is 70.7 Å². The van der Waals surface area contributed by atoms with Crippen molar-refractivity contribution < 1.29 is 23.9 Å². The van der Waals surface area contributed by atoms with Crippen LogP contribution in [0, 0.1) is 11.8 Å². The molecule has 0 saturated carbocycles. The van der Waals surface area contributed by atoms with Gasteiger partial charge in [-0.05, 0) is 118 Å². The van der Waals surface area contributed by atoms with E-state index < -0.39 is 6.29 Å². The van der Waals surface area contributed by atoms with Gasteiger partial charge in [-0.15, -0.1) is 0 Å². The molecule has 0 radical (unpaired) electrons. The first-order valence-corrected chi connectivity index (χ1v) is 20.1. The molecule has 12 nitrogen and oxygen atoms in total. The molecule has 5 N–H and O–H groups in total. The maximum absolute atomic E-state index is 12.8. The van der Waals surface area contributed by atoms with Crippen molar-refractivity contribution in [3.8, 4) is 0 Å². The quantitative estimate of drug-likeness (QED) is 0.0751. The summed E-state index contributed by atoms with van der Waals surface area (Å²) in [6, 6.07) is 21.2. The third kappa shape index (κ3) is 14.4. The van der Waals surface area contributed by atoms with Crippen LogP contribution >= 0.6 is 0 Å². The number of hydrogen-bond donors (Lipinski definition) is 5. The molecular weight excluding hydrogens is 707 g/mol. The van der Waals surface area contributed by atoms with Gasteiger partial charge in [0, 0.05) is 28.2 Å². The maximum Gasteiger partial charge on any atom is 0.338 e. The number of benzene rings is 3. The molecule has 3 aromatic carbocycles.